The summed E-state index contributed by atoms with van der Waals surface area (Å²) < 4.78 is 5.58. The number of hydrogen-bond donors (Lipinski definition) is 0. The highest BCUT2D eigenvalue weighted by Gasteiger charge is 2.19. The molecule has 0 unspecified atom stereocenters. The molecule has 1 fully saturated rings. The average molecular weight is 316 g/mol. The van der Waals surface area contributed by atoms with Crippen molar-refractivity contribution in [2.75, 3.05) is 39.3 Å². The monoisotopic (exact) mass is 316 g/mol. The maximum Gasteiger partial charge on any atom is 0.246 e. The Morgan fingerprint density at radius 1 is 1.22 bits per heavy atom. The third-order valence-corrected chi connectivity index (χ3v) is 3.93. The molecular weight excluding hydrogens is 288 g/mol. The lowest BCUT2D eigenvalue weighted by atomic mass is 10.1. The zero-order valence-electron chi connectivity index (χ0n) is 14.5. The topological polar surface area (TPSA) is 32.8 Å². The van der Waals surface area contributed by atoms with Crippen LogP contribution < -0.4 is 4.74 Å². The molecule has 0 saturated carbocycles. The van der Waals surface area contributed by atoms with Gasteiger partial charge in [-0.05, 0) is 25.0 Å². The second kappa shape index (κ2) is 8.73. The number of carbonyl (C=O) groups excluding carboxylic acids is 1. The Labute approximate surface area is 139 Å². The van der Waals surface area contributed by atoms with Crippen LogP contribution in [0.3, 0.4) is 0 Å². The lowest BCUT2D eigenvalue weighted by molar-refractivity contribution is -0.127. The van der Waals surface area contributed by atoms with Gasteiger partial charge in [0.25, 0.3) is 0 Å². The molecule has 1 aromatic carbocycles. The van der Waals surface area contributed by atoms with E-state index < -0.39 is 0 Å². The Balaban J connectivity index is 1.90. The van der Waals surface area contributed by atoms with Gasteiger partial charge in [0, 0.05) is 44.4 Å². The second-order valence-corrected chi connectivity index (χ2v) is 6.32. The highest BCUT2D eigenvalue weighted by Crippen LogP contribution is 2.19. The maximum atomic E-state index is 12.3. The zero-order chi connectivity index (χ0) is 16.7. The van der Waals surface area contributed by atoms with Crippen LogP contribution in [0.5, 0.6) is 5.75 Å². The van der Waals surface area contributed by atoms with E-state index in [1.807, 2.05) is 42.2 Å². The van der Waals surface area contributed by atoms with Crippen LogP contribution >= 0.6 is 0 Å². The number of para-hydroxylation sites is 1. The number of hydrogen-bond acceptors (Lipinski definition) is 3. The van der Waals surface area contributed by atoms with Gasteiger partial charge >= 0.3 is 0 Å². The fourth-order valence-electron chi connectivity index (χ4n) is 2.84. The molecule has 0 bridgehead atoms. The Morgan fingerprint density at radius 2 is 1.91 bits per heavy atom. The summed E-state index contributed by atoms with van der Waals surface area (Å²) >= 11 is 0. The molecular formula is C19H28N2O2. The molecule has 4 nitrogen and oxygen atoms in total. The Hall–Kier alpha value is -1.81. The van der Waals surface area contributed by atoms with Crippen LogP contribution in [0.2, 0.25) is 0 Å². The van der Waals surface area contributed by atoms with Gasteiger partial charge in [0.05, 0.1) is 6.61 Å². The van der Waals surface area contributed by atoms with Gasteiger partial charge < -0.3 is 9.64 Å². The minimum atomic E-state index is 0.0838. The van der Waals surface area contributed by atoms with Crippen molar-refractivity contribution in [2.45, 2.75) is 20.8 Å². The number of benzene rings is 1. The van der Waals surface area contributed by atoms with Crippen LogP contribution in [0.4, 0.5) is 0 Å². The normalized spacial score (nSPS) is 16.3. The second-order valence-electron chi connectivity index (χ2n) is 6.32. The molecule has 0 spiro atoms. The molecule has 23 heavy (non-hydrogen) atoms. The van der Waals surface area contributed by atoms with Gasteiger partial charge in [-0.1, -0.05) is 32.0 Å². The Morgan fingerprint density at radius 3 is 2.57 bits per heavy atom. The predicted molar refractivity (Wildman–Crippen MR) is 94.5 cm³/mol. The van der Waals surface area contributed by atoms with Crippen molar-refractivity contribution in [3.63, 3.8) is 0 Å². The number of nitrogens with zero attached hydrogens (tertiary/aromatic N) is 2. The van der Waals surface area contributed by atoms with Crippen molar-refractivity contribution >= 4 is 12.0 Å². The molecule has 2 rings (SSSR count). The first-order chi connectivity index (χ1) is 11.1. The maximum absolute atomic E-state index is 12.3. The fraction of sp³-hybridized carbons (Fsp3) is 0.526. The molecule has 0 radical (unpaired) electrons. The molecule has 4 heteroatoms. The van der Waals surface area contributed by atoms with E-state index in [4.69, 9.17) is 4.74 Å². The van der Waals surface area contributed by atoms with Crippen LogP contribution in [0.1, 0.15) is 26.3 Å². The molecule has 0 N–H and O–H groups in total. The first kappa shape index (κ1) is 17.5. The van der Waals surface area contributed by atoms with Crippen molar-refractivity contribution in [3.05, 3.63) is 35.9 Å². The van der Waals surface area contributed by atoms with Crippen LogP contribution in [-0.2, 0) is 4.79 Å². The number of rotatable bonds is 6. The number of ether oxygens (including phenoxy) is 1. The van der Waals surface area contributed by atoms with Gasteiger partial charge in [-0.25, -0.2) is 0 Å². The van der Waals surface area contributed by atoms with Crippen molar-refractivity contribution in [1.29, 1.82) is 0 Å². The third-order valence-electron chi connectivity index (χ3n) is 3.93. The van der Waals surface area contributed by atoms with Crippen molar-refractivity contribution in [2.24, 2.45) is 5.92 Å². The lowest BCUT2D eigenvalue weighted by Crippen LogP contribution is -2.49. The minimum Gasteiger partial charge on any atom is -0.493 e. The van der Waals surface area contributed by atoms with Gasteiger partial charge in [0.15, 0.2) is 0 Å². The molecule has 126 valence electrons. The van der Waals surface area contributed by atoms with Gasteiger partial charge in [-0.15, -0.1) is 0 Å². The van der Waals surface area contributed by atoms with E-state index in [1.54, 1.807) is 6.08 Å². The van der Waals surface area contributed by atoms with E-state index in [1.165, 1.54) is 0 Å². The molecule has 0 aliphatic carbocycles. The number of amides is 1. The molecule has 1 aromatic rings. The number of carbonyl (C=O) groups is 1. The molecule has 1 saturated heterocycles. The first-order valence-electron chi connectivity index (χ1n) is 8.51. The van der Waals surface area contributed by atoms with E-state index >= 15 is 0 Å². The summed E-state index contributed by atoms with van der Waals surface area (Å²) in [4.78, 5) is 16.7. The lowest BCUT2D eigenvalue weighted by Gasteiger charge is -2.35. The molecule has 1 aliphatic heterocycles. The molecule has 0 atom stereocenters. The first-order valence-corrected chi connectivity index (χ1v) is 8.51. The summed E-state index contributed by atoms with van der Waals surface area (Å²) in [5.41, 5.74) is 0.946. The molecule has 0 aromatic heterocycles. The van der Waals surface area contributed by atoms with E-state index in [0.29, 0.717) is 12.5 Å². The van der Waals surface area contributed by atoms with Crippen molar-refractivity contribution in [3.8, 4) is 5.75 Å². The van der Waals surface area contributed by atoms with E-state index in [9.17, 15) is 4.79 Å². The highest BCUT2D eigenvalue weighted by atomic mass is 16.5. The largest absolute Gasteiger partial charge is 0.493 e. The van der Waals surface area contributed by atoms with Gasteiger partial charge in [-0.2, -0.15) is 0 Å². The number of piperazine rings is 1. The smallest absolute Gasteiger partial charge is 0.246 e. The van der Waals surface area contributed by atoms with Gasteiger partial charge in [-0.3, -0.25) is 9.69 Å². The summed E-state index contributed by atoms with van der Waals surface area (Å²) in [6.45, 7) is 11.7. The molecule has 1 heterocycles. The van der Waals surface area contributed by atoms with Crippen molar-refractivity contribution in [1.82, 2.24) is 9.80 Å². The summed E-state index contributed by atoms with van der Waals surface area (Å²) in [5, 5.41) is 0. The van der Waals surface area contributed by atoms with Crippen LogP contribution in [0.25, 0.3) is 6.08 Å². The van der Waals surface area contributed by atoms with Crippen LogP contribution in [0, 0.1) is 5.92 Å². The summed E-state index contributed by atoms with van der Waals surface area (Å²) in [6.07, 6.45) is 3.52. The Kier molecular flexibility index (Phi) is 6.66. The van der Waals surface area contributed by atoms with Gasteiger partial charge in [0.2, 0.25) is 5.91 Å². The van der Waals surface area contributed by atoms with Crippen LogP contribution in [0.15, 0.2) is 30.3 Å². The van der Waals surface area contributed by atoms with Gasteiger partial charge in [0.1, 0.15) is 5.75 Å². The summed E-state index contributed by atoms with van der Waals surface area (Å²) in [7, 11) is 0. The summed E-state index contributed by atoms with van der Waals surface area (Å²) in [6, 6.07) is 7.79. The van der Waals surface area contributed by atoms with E-state index in [2.05, 4.69) is 18.7 Å². The van der Waals surface area contributed by atoms with Crippen molar-refractivity contribution < 1.29 is 9.53 Å². The minimum absolute atomic E-state index is 0.0838. The standard InChI is InChI=1S/C19H28N2O2/c1-4-23-18-8-6-5-7-17(18)9-10-19(22)21-13-11-20(12-14-21)15-16(2)3/h5-10,16H,4,11-15H2,1-3H3/b10-9+. The zero-order valence-corrected chi connectivity index (χ0v) is 14.5. The fourth-order valence-corrected chi connectivity index (χ4v) is 2.84. The third kappa shape index (κ3) is 5.39. The molecule has 1 amide bonds. The Bertz CT molecular complexity index is 532. The van der Waals surface area contributed by atoms with E-state index in [0.717, 1.165) is 44.0 Å². The van der Waals surface area contributed by atoms with Crippen LogP contribution in [-0.4, -0.2) is 55.0 Å². The predicted octanol–water partition coefficient (Wildman–Crippen LogP) is 2.90. The van der Waals surface area contributed by atoms with E-state index in [-0.39, 0.29) is 5.91 Å². The quantitative estimate of drug-likeness (QED) is 0.757. The average Bonchev–Trinajstić information content (AvgIpc) is 2.54. The highest BCUT2D eigenvalue weighted by molar-refractivity contribution is 5.92. The molecule has 1 aliphatic rings. The SMILES string of the molecule is CCOc1ccccc1/C=C/C(=O)N1CCN(CC(C)C)CC1. The summed E-state index contributed by atoms with van der Waals surface area (Å²) in [5.74, 6) is 1.58.